The van der Waals surface area contributed by atoms with Crippen LogP contribution in [0.2, 0.25) is 0 Å². The molecule has 2 nitrogen and oxygen atoms in total. The van der Waals surface area contributed by atoms with Gasteiger partial charge in [0, 0.05) is 64.2 Å². The third-order valence-corrected chi connectivity index (χ3v) is 7.65. The molecule has 7 rings (SSSR count). The van der Waals surface area contributed by atoms with Gasteiger partial charge in [-0.25, -0.2) is 0 Å². The predicted molar refractivity (Wildman–Crippen MR) is 162 cm³/mol. The minimum Gasteiger partial charge on any atom is -0.325 e. The molecule has 7 aromatic rings. The van der Waals surface area contributed by atoms with E-state index in [9.17, 15) is 0 Å². The van der Waals surface area contributed by atoms with Crippen LogP contribution in [0.25, 0.3) is 61.3 Å². The van der Waals surface area contributed by atoms with E-state index in [2.05, 4.69) is 139 Å². The van der Waals surface area contributed by atoms with Gasteiger partial charge in [-0.05, 0) is 60.1 Å². The standard InChI is InChI=1S/C36H27N2.U/c1-4-30-25(3)37(29-14-10-11-24(2)21-29)36-23-27(17-19-32(30)36)26-18-20-35-33(22-26)31-15-8-9-16-34(31)38(35)28-12-6-5-7-13-28;/h4-23H,1-2H2,3H3;/q-1;. The summed E-state index contributed by atoms with van der Waals surface area (Å²) in [5, 5.41) is 3.72. The maximum absolute atomic E-state index is 4.15. The van der Waals surface area contributed by atoms with Gasteiger partial charge >= 0.3 is 0 Å². The number of nitrogens with zero attached hydrogens (tertiary/aromatic N) is 2. The molecule has 0 bridgehead atoms. The molecule has 0 aliphatic heterocycles. The molecule has 0 N–H and O–H groups in total. The maximum Gasteiger partial charge on any atom is 0.0541 e. The minimum absolute atomic E-state index is 0. The Balaban J connectivity index is 0.00000277. The van der Waals surface area contributed by atoms with Crippen molar-refractivity contribution in [1.82, 2.24) is 9.13 Å². The van der Waals surface area contributed by atoms with Crippen molar-refractivity contribution in [2.24, 2.45) is 0 Å². The average molecular weight is 726 g/mol. The van der Waals surface area contributed by atoms with Crippen LogP contribution < -0.4 is 0 Å². The van der Waals surface area contributed by atoms with Crippen molar-refractivity contribution in [2.45, 2.75) is 6.92 Å². The fourth-order valence-electron chi connectivity index (χ4n) is 5.91. The van der Waals surface area contributed by atoms with E-state index < -0.39 is 0 Å². The summed E-state index contributed by atoms with van der Waals surface area (Å²) >= 11 is 0. The van der Waals surface area contributed by atoms with Crippen molar-refractivity contribution in [3.8, 4) is 22.5 Å². The van der Waals surface area contributed by atoms with E-state index in [1.54, 1.807) is 0 Å². The average Bonchev–Trinajstić information content (AvgIpc) is 3.43. The minimum atomic E-state index is 0. The molecule has 0 aliphatic carbocycles. The SMILES string of the molecule is C=Cc1c(C)n(-c2cccc([CH2-])c2)c2cc(-c3ccc4c(c3)c3ccccc3n4-c3ccccc3)ccc12.[U]. The van der Waals surface area contributed by atoms with Gasteiger partial charge in [-0.3, -0.25) is 0 Å². The Morgan fingerprint density at radius 3 is 2.08 bits per heavy atom. The third-order valence-electron chi connectivity index (χ3n) is 7.65. The summed E-state index contributed by atoms with van der Waals surface area (Å²) in [6.45, 7) is 10.4. The van der Waals surface area contributed by atoms with Crippen LogP contribution >= 0.6 is 0 Å². The quantitative estimate of drug-likeness (QED) is 0.160. The Morgan fingerprint density at radius 2 is 1.28 bits per heavy atom. The van der Waals surface area contributed by atoms with E-state index in [4.69, 9.17) is 0 Å². The zero-order valence-electron chi connectivity index (χ0n) is 21.9. The summed E-state index contributed by atoms with van der Waals surface area (Å²) < 4.78 is 4.68. The summed E-state index contributed by atoms with van der Waals surface area (Å²) in [5.74, 6) is 0. The van der Waals surface area contributed by atoms with Crippen LogP contribution in [0.4, 0.5) is 0 Å². The molecule has 39 heavy (non-hydrogen) atoms. The van der Waals surface area contributed by atoms with Gasteiger partial charge in [-0.2, -0.15) is 18.6 Å². The Bertz CT molecular complexity index is 2010. The van der Waals surface area contributed by atoms with Crippen LogP contribution in [0.3, 0.4) is 0 Å². The van der Waals surface area contributed by atoms with Gasteiger partial charge in [-0.1, -0.05) is 73.3 Å². The molecular weight excluding hydrogens is 698 g/mol. The second kappa shape index (κ2) is 10.0. The van der Waals surface area contributed by atoms with Gasteiger partial charge in [0.1, 0.15) is 0 Å². The Labute approximate surface area is 252 Å². The zero-order valence-corrected chi connectivity index (χ0v) is 26.0. The summed E-state index contributed by atoms with van der Waals surface area (Å²) in [6.07, 6.45) is 1.96. The molecule has 3 heteroatoms. The zero-order chi connectivity index (χ0) is 25.8. The van der Waals surface area contributed by atoms with Crippen molar-refractivity contribution in [1.29, 1.82) is 0 Å². The first-order valence-corrected chi connectivity index (χ1v) is 12.9. The van der Waals surface area contributed by atoms with Crippen LogP contribution in [0.5, 0.6) is 0 Å². The molecule has 2 heterocycles. The van der Waals surface area contributed by atoms with Gasteiger partial charge in [0.15, 0.2) is 0 Å². The van der Waals surface area contributed by atoms with Crippen LogP contribution in [-0.2, 0) is 0 Å². The number of fused-ring (bicyclic) bond motifs is 4. The predicted octanol–water partition coefficient (Wildman–Crippen LogP) is 9.53. The van der Waals surface area contributed by atoms with Crippen molar-refractivity contribution in [2.75, 3.05) is 0 Å². The molecule has 0 radical (unpaired) electrons. The Morgan fingerprint density at radius 1 is 0.590 bits per heavy atom. The van der Waals surface area contributed by atoms with Gasteiger partial charge in [-0.15, -0.1) is 12.1 Å². The number of hydrogen-bond acceptors (Lipinski definition) is 0. The van der Waals surface area contributed by atoms with Crippen molar-refractivity contribution >= 4 is 38.8 Å². The van der Waals surface area contributed by atoms with E-state index in [1.807, 2.05) is 12.1 Å². The van der Waals surface area contributed by atoms with E-state index in [-0.39, 0.29) is 31.1 Å². The first-order chi connectivity index (χ1) is 18.6. The molecule has 186 valence electrons. The fourth-order valence-corrected chi connectivity index (χ4v) is 5.91. The molecule has 0 aliphatic rings. The third kappa shape index (κ3) is 4.05. The number of rotatable bonds is 4. The second-order valence-corrected chi connectivity index (χ2v) is 9.86. The fraction of sp³-hybridized carbons (Fsp3) is 0.0278. The van der Waals surface area contributed by atoms with Gasteiger partial charge in [0.25, 0.3) is 0 Å². The monoisotopic (exact) mass is 725 g/mol. The first kappa shape index (κ1) is 25.4. The number of hydrogen-bond donors (Lipinski definition) is 0. The largest absolute Gasteiger partial charge is 0.325 e. The summed E-state index contributed by atoms with van der Waals surface area (Å²) in [6, 6.07) is 41.2. The smallest absolute Gasteiger partial charge is 0.0541 e. The number of para-hydroxylation sites is 2. The Hall–Kier alpha value is -3.90. The number of benzene rings is 5. The topological polar surface area (TPSA) is 9.86 Å². The summed E-state index contributed by atoms with van der Waals surface area (Å²) in [5.41, 5.74) is 11.6. The molecule has 5 aromatic carbocycles. The molecular formula is C36H27N2U-. The van der Waals surface area contributed by atoms with Crippen LogP contribution in [0.15, 0.2) is 122 Å². The van der Waals surface area contributed by atoms with Crippen LogP contribution in [0.1, 0.15) is 16.8 Å². The molecule has 0 fully saturated rings. The van der Waals surface area contributed by atoms with Crippen molar-refractivity contribution < 1.29 is 31.1 Å². The van der Waals surface area contributed by atoms with Gasteiger partial charge in [0.2, 0.25) is 0 Å². The molecule has 0 spiro atoms. The van der Waals surface area contributed by atoms with Crippen molar-refractivity contribution in [3.05, 3.63) is 146 Å². The molecule has 0 unspecified atom stereocenters. The molecule has 0 atom stereocenters. The second-order valence-electron chi connectivity index (χ2n) is 9.86. The summed E-state index contributed by atoms with van der Waals surface area (Å²) in [7, 11) is 0. The van der Waals surface area contributed by atoms with E-state index in [1.165, 1.54) is 60.8 Å². The molecule has 0 saturated carbocycles. The van der Waals surface area contributed by atoms with Crippen LogP contribution in [0, 0.1) is 45.0 Å². The molecule has 0 amide bonds. The van der Waals surface area contributed by atoms with Crippen LogP contribution in [-0.4, -0.2) is 9.13 Å². The first-order valence-electron chi connectivity index (χ1n) is 12.9. The normalized spacial score (nSPS) is 11.2. The summed E-state index contributed by atoms with van der Waals surface area (Å²) in [4.78, 5) is 0. The van der Waals surface area contributed by atoms with Gasteiger partial charge in [0.05, 0.1) is 16.6 Å². The van der Waals surface area contributed by atoms with E-state index >= 15 is 0 Å². The van der Waals surface area contributed by atoms with Crippen molar-refractivity contribution in [3.63, 3.8) is 0 Å². The molecule has 0 saturated heterocycles. The van der Waals surface area contributed by atoms with E-state index in [0.29, 0.717) is 0 Å². The van der Waals surface area contributed by atoms with E-state index in [0.717, 1.165) is 11.3 Å². The number of aromatic nitrogens is 2. The molecule has 2 aromatic heterocycles. The maximum atomic E-state index is 4.15. The Kier molecular flexibility index (Phi) is 6.51. The van der Waals surface area contributed by atoms with Gasteiger partial charge < -0.3 is 9.13 Å².